The molecular formula is C17H14O4. The first-order valence-corrected chi connectivity index (χ1v) is 6.48. The molecule has 0 radical (unpaired) electrons. The molecule has 2 aromatic carbocycles. The summed E-state index contributed by atoms with van der Waals surface area (Å²) in [5.74, 6) is 1.74. The Balaban J connectivity index is 2.23. The molecule has 0 spiro atoms. The molecule has 3 aromatic rings. The molecule has 4 nitrogen and oxygen atoms in total. The van der Waals surface area contributed by atoms with E-state index in [9.17, 15) is 4.79 Å². The summed E-state index contributed by atoms with van der Waals surface area (Å²) >= 11 is 0. The zero-order valence-electron chi connectivity index (χ0n) is 11.8. The first-order chi connectivity index (χ1) is 10.2. The van der Waals surface area contributed by atoms with E-state index < -0.39 is 0 Å². The number of rotatable bonds is 3. The van der Waals surface area contributed by atoms with E-state index in [1.165, 1.54) is 0 Å². The number of methoxy groups -OCH3 is 2. The molecule has 0 aliphatic rings. The summed E-state index contributed by atoms with van der Waals surface area (Å²) in [6.45, 7) is 0. The highest BCUT2D eigenvalue weighted by atomic mass is 16.5. The second-order valence-electron chi connectivity index (χ2n) is 4.55. The molecule has 106 valence electrons. The van der Waals surface area contributed by atoms with Crippen LogP contribution in [-0.2, 0) is 0 Å². The molecule has 0 atom stereocenters. The Morgan fingerprint density at radius 2 is 1.76 bits per heavy atom. The van der Waals surface area contributed by atoms with Crippen molar-refractivity contribution in [3.63, 3.8) is 0 Å². The van der Waals surface area contributed by atoms with Crippen LogP contribution in [0.2, 0.25) is 0 Å². The van der Waals surface area contributed by atoms with Crippen molar-refractivity contribution in [2.45, 2.75) is 0 Å². The van der Waals surface area contributed by atoms with E-state index in [1.54, 1.807) is 32.4 Å². The Labute approximate surface area is 121 Å². The molecule has 0 N–H and O–H groups in total. The average Bonchev–Trinajstić information content (AvgIpc) is 2.54. The van der Waals surface area contributed by atoms with E-state index >= 15 is 0 Å². The lowest BCUT2D eigenvalue weighted by Crippen LogP contribution is -2.00. The number of hydrogen-bond donors (Lipinski definition) is 0. The van der Waals surface area contributed by atoms with Crippen molar-refractivity contribution in [1.82, 2.24) is 0 Å². The van der Waals surface area contributed by atoms with Gasteiger partial charge in [-0.05, 0) is 29.7 Å². The van der Waals surface area contributed by atoms with Crippen LogP contribution in [0.15, 0.2) is 57.7 Å². The maximum Gasteiger partial charge on any atom is 0.344 e. The molecule has 1 heterocycles. The molecule has 21 heavy (non-hydrogen) atoms. The molecule has 0 aliphatic carbocycles. The van der Waals surface area contributed by atoms with Gasteiger partial charge >= 0.3 is 5.63 Å². The van der Waals surface area contributed by atoms with E-state index in [0.717, 1.165) is 5.39 Å². The molecule has 1 aromatic heterocycles. The van der Waals surface area contributed by atoms with Crippen LogP contribution >= 0.6 is 0 Å². The van der Waals surface area contributed by atoms with E-state index in [4.69, 9.17) is 13.9 Å². The maximum absolute atomic E-state index is 12.1. The summed E-state index contributed by atoms with van der Waals surface area (Å²) in [5, 5.41) is 1.40. The summed E-state index contributed by atoms with van der Waals surface area (Å²) in [7, 11) is 3.15. The van der Waals surface area contributed by atoms with E-state index in [2.05, 4.69) is 0 Å². The summed E-state index contributed by atoms with van der Waals surface area (Å²) < 4.78 is 15.9. The van der Waals surface area contributed by atoms with E-state index in [-0.39, 0.29) is 5.63 Å². The van der Waals surface area contributed by atoms with Gasteiger partial charge in [0.05, 0.1) is 25.2 Å². The zero-order valence-corrected chi connectivity index (χ0v) is 11.8. The second kappa shape index (κ2) is 5.32. The quantitative estimate of drug-likeness (QED) is 0.738. The van der Waals surface area contributed by atoms with Gasteiger partial charge in [0, 0.05) is 6.07 Å². The zero-order chi connectivity index (χ0) is 14.8. The lowest BCUT2D eigenvalue weighted by Gasteiger charge is -2.10. The molecule has 0 unspecified atom stereocenters. The lowest BCUT2D eigenvalue weighted by molar-refractivity contribution is 0.394. The Hall–Kier alpha value is -2.75. The monoisotopic (exact) mass is 282 g/mol. The topological polar surface area (TPSA) is 48.7 Å². The van der Waals surface area contributed by atoms with Crippen LogP contribution in [0.1, 0.15) is 0 Å². The molecule has 0 aliphatic heterocycles. The summed E-state index contributed by atoms with van der Waals surface area (Å²) in [6.07, 6.45) is 0. The Bertz CT molecular complexity index is 849. The van der Waals surface area contributed by atoms with Gasteiger partial charge in [-0.25, -0.2) is 4.79 Å². The number of fused-ring (bicyclic) bond motifs is 1. The van der Waals surface area contributed by atoms with Crippen LogP contribution in [0.3, 0.4) is 0 Å². The highest BCUT2D eigenvalue weighted by Gasteiger charge is 2.12. The van der Waals surface area contributed by atoms with E-state index in [0.29, 0.717) is 28.2 Å². The van der Waals surface area contributed by atoms with Gasteiger partial charge in [-0.15, -0.1) is 0 Å². The van der Waals surface area contributed by atoms with Gasteiger partial charge in [-0.2, -0.15) is 0 Å². The van der Waals surface area contributed by atoms with Gasteiger partial charge < -0.3 is 13.9 Å². The molecule has 4 heteroatoms. The van der Waals surface area contributed by atoms with Crippen molar-refractivity contribution in [1.29, 1.82) is 0 Å². The third kappa shape index (κ3) is 2.36. The molecule has 0 fully saturated rings. The fourth-order valence-electron chi connectivity index (χ4n) is 2.27. The van der Waals surface area contributed by atoms with Crippen LogP contribution in [0.4, 0.5) is 0 Å². The minimum atomic E-state index is -0.360. The van der Waals surface area contributed by atoms with Gasteiger partial charge in [0.25, 0.3) is 0 Å². The Morgan fingerprint density at radius 1 is 0.952 bits per heavy atom. The van der Waals surface area contributed by atoms with Crippen LogP contribution < -0.4 is 15.1 Å². The van der Waals surface area contributed by atoms with Gasteiger partial charge in [0.15, 0.2) is 0 Å². The Kier molecular flexibility index (Phi) is 3.36. The molecule has 3 rings (SSSR count). The SMILES string of the molecule is COc1ccc(-c2cc3ccccc3c(=O)o2)c(OC)c1. The minimum absolute atomic E-state index is 0.360. The van der Waals surface area contributed by atoms with Crippen LogP contribution in [0.5, 0.6) is 11.5 Å². The number of ether oxygens (including phenoxy) is 2. The molecule has 0 bridgehead atoms. The van der Waals surface area contributed by atoms with Gasteiger partial charge in [0.2, 0.25) is 0 Å². The lowest BCUT2D eigenvalue weighted by atomic mass is 10.1. The third-order valence-corrected chi connectivity index (χ3v) is 3.34. The van der Waals surface area contributed by atoms with E-state index in [1.807, 2.05) is 30.3 Å². The smallest absolute Gasteiger partial charge is 0.344 e. The van der Waals surface area contributed by atoms with Crippen LogP contribution in [-0.4, -0.2) is 14.2 Å². The van der Waals surface area contributed by atoms with Crippen molar-refractivity contribution in [3.05, 3.63) is 59.0 Å². The van der Waals surface area contributed by atoms with Gasteiger partial charge in [0.1, 0.15) is 17.3 Å². The minimum Gasteiger partial charge on any atom is -0.497 e. The predicted octanol–water partition coefficient (Wildman–Crippen LogP) is 3.48. The second-order valence-corrected chi connectivity index (χ2v) is 4.55. The van der Waals surface area contributed by atoms with Gasteiger partial charge in [-0.3, -0.25) is 0 Å². The van der Waals surface area contributed by atoms with Crippen molar-refractivity contribution in [2.24, 2.45) is 0 Å². The van der Waals surface area contributed by atoms with Crippen molar-refractivity contribution >= 4 is 10.8 Å². The molecule has 0 saturated carbocycles. The van der Waals surface area contributed by atoms with Crippen molar-refractivity contribution in [2.75, 3.05) is 14.2 Å². The summed E-state index contributed by atoms with van der Waals surface area (Å²) in [5.41, 5.74) is 0.349. The summed E-state index contributed by atoms with van der Waals surface area (Å²) in [4.78, 5) is 12.1. The first-order valence-electron chi connectivity index (χ1n) is 6.48. The average molecular weight is 282 g/mol. The first kappa shape index (κ1) is 13.2. The van der Waals surface area contributed by atoms with Crippen molar-refractivity contribution in [3.8, 4) is 22.8 Å². The van der Waals surface area contributed by atoms with Crippen LogP contribution in [0.25, 0.3) is 22.1 Å². The largest absolute Gasteiger partial charge is 0.497 e. The predicted molar refractivity (Wildman–Crippen MR) is 81.0 cm³/mol. The van der Waals surface area contributed by atoms with Gasteiger partial charge in [-0.1, -0.05) is 18.2 Å². The fraction of sp³-hybridized carbons (Fsp3) is 0.118. The molecular weight excluding hydrogens is 268 g/mol. The molecule has 0 saturated heterocycles. The van der Waals surface area contributed by atoms with Crippen LogP contribution in [0, 0.1) is 0 Å². The maximum atomic E-state index is 12.1. The number of benzene rings is 2. The standard InChI is InChI=1S/C17H14O4/c1-19-12-7-8-14(15(10-12)20-2)16-9-11-5-3-4-6-13(11)17(18)21-16/h3-10H,1-2H3. The highest BCUT2D eigenvalue weighted by Crippen LogP contribution is 2.33. The third-order valence-electron chi connectivity index (χ3n) is 3.34. The summed E-state index contributed by atoms with van der Waals surface area (Å²) in [6, 6.07) is 14.5. The fourth-order valence-corrected chi connectivity index (χ4v) is 2.27. The molecule has 0 amide bonds. The normalized spacial score (nSPS) is 10.6. The number of hydrogen-bond acceptors (Lipinski definition) is 4. The highest BCUT2D eigenvalue weighted by molar-refractivity contribution is 5.84. The van der Waals surface area contributed by atoms with Crippen molar-refractivity contribution < 1.29 is 13.9 Å². The Morgan fingerprint density at radius 3 is 2.52 bits per heavy atom.